The minimum Gasteiger partial charge on any atom is -0.458 e. The van der Waals surface area contributed by atoms with Crippen molar-refractivity contribution in [2.24, 2.45) is 0 Å². The number of aromatic nitrogens is 1. The molecule has 0 saturated heterocycles. The molecule has 13 aromatic rings. The molecule has 4 heterocycles. The van der Waals surface area contributed by atoms with Crippen LogP contribution in [0.4, 0.5) is 17.1 Å². The summed E-state index contributed by atoms with van der Waals surface area (Å²) in [5, 5.41) is 14.5. The van der Waals surface area contributed by atoms with E-state index < -0.39 is 0 Å². The zero-order chi connectivity index (χ0) is 54.9. The van der Waals surface area contributed by atoms with Gasteiger partial charge < -0.3 is 18.6 Å². The first-order valence-electron chi connectivity index (χ1n) is 28.1. The van der Waals surface area contributed by atoms with Gasteiger partial charge in [0.05, 0.1) is 34.0 Å². The highest BCUT2D eigenvalue weighted by atomic mass is 16.5. The van der Waals surface area contributed by atoms with Crippen LogP contribution in [0.3, 0.4) is 0 Å². The van der Waals surface area contributed by atoms with Crippen LogP contribution < -0.4 is 26.0 Å². The largest absolute Gasteiger partial charge is 0.458 e. The summed E-state index contributed by atoms with van der Waals surface area (Å²) in [4.78, 5) is 2.56. The Kier molecular flexibility index (Phi) is 10.8. The monoisotopic (exact) mass is 1040 g/mol. The predicted octanol–water partition coefficient (Wildman–Crippen LogP) is 18.2. The van der Waals surface area contributed by atoms with Gasteiger partial charge in [-0.3, -0.25) is 0 Å². The highest BCUT2D eigenvalue weighted by molar-refractivity contribution is 6.99. The van der Waals surface area contributed by atoms with E-state index in [1.54, 1.807) is 0 Å². The van der Waals surface area contributed by atoms with Crippen molar-refractivity contribution in [3.05, 3.63) is 247 Å². The molecule has 0 amide bonds. The average Bonchev–Trinajstić information content (AvgIpc) is 2.19. The van der Waals surface area contributed by atoms with Gasteiger partial charge in [0.1, 0.15) is 22.7 Å². The Morgan fingerprint density at radius 3 is 1.77 bits per heavy atom. The molecular weight excluding hydrogens is 986 g/mol. The molecule has 0 atom stereocenters. The minimum absolute atomic E-state index is 0.112. The molecule has 0 unspecified atom stereocenters. The summed E-state index contributed by atoms with van der Waals surface area (Å²) in [6.07, 6.45) is 0. The number of nitrogens with zero attached hydrogens (tertiary/aromatic N) is 3. The van der Waals surface area contributed by atoms with Gasteiger partial charge >= 0.3 is 0 Å². The molecule has 2 aliphatic rings. The highest BCUT2D eigenvalue weighted by Crippen LogP contribution is 2.52. The molecule has 386 valence electrons. The molecule has 0 radical (unpaired) electrons. The Bertz CT molecular complexity index is 4750. The molecule has 0 fully saturated rings. The number of hydrogen-bond acceptors (Lipinski definition) is 4. The van der Waals surface area contributed by atoms with Gasteiger partial charge in [-0.05, 0) is 144 Å². The quantitative estimate of drug-likeness (QED) is 0.156. The Morgan fingerprint density at radius 1 is 0.420 bits per heavy atom. The lowest BCUT2D eigenvalue weighted by Crippen LogP contribution is -2.59. The van der Waals surface area contributed by atoms with Crippen molar-refractivity contribution in [1.82, 2.24) is 4.57 Å². The Hall–Kier alpha value is -9.83. The van der Waals surface area contributed by atoms with Crippen molar-refractivity contribution < 1.29 is 9.15 Å². The van der Waals surface area contributed by atoms with Gasteiger partial charge in [-0.1, -0.05) is 205 Å². The highest BCUT2D eigenvalue weighted by Gasteiger charge is 2.44. The van der Waals surface area contributed by atoms with Gasteiger partial charge in [-0.15, -0.1) is 0 Å². The number of hydrogen-bond donors (Lipinski definition) is 0. The molecule has 6 heteroatoms. The second kappa shape index (κ2) is 18.1. The molecule has 15 rings (SSSR count). The summed E-state index contributed by atoms with van der Waals surface area (Å²) < 4.78 is 16.6. The van der Waals surface area contributed by atoms with Crippen LogP contribution in [0, 0.1) is 11.3 Å². The third-order valence-corrected chi connectivity index (χ3v) is 17.0. The molecule has 2 aliphatic heterocycles. The lowest BCUT2D eigenvalue weighted by atomic mass is 9.34. The number of rotatable bonds is 6. The average molecular weight is 1040 g/mol. The van der Waals surface area contributed by atoms with Crippen LogP contribution in [-0.4, -0.2) is 11.3 Å². The van der Waals surface area contributed by atoms with Gasteiger partial charge in [0, 0.05) is 38.5 Å². The maximum Gasteiger partial charge on any atom is 0.256 e. The van der Waals surface area contributed by atoms with Crippen LogP contribution in [0.25, 0.3) is 93.9 Å². The number of nitriles is 1. The fraction of sp³-hybridized carbons (Fsp3) is 0.107. The van der Waals surface area contributed by atoms with E-state index >= 15 is 0 Å². The normalized spacial score (nSPS) is 12.9. The zero-order valence-corrected chi connectivity index (χ0v) is 46.2. The number of benzene rings is 11. The lowest BCUT2D eigenvalue weighted by Gasteiger charge is -2.42. The molecule has 0 spiro atoms. The van der Waals surface area contributed by atoms with Crippen LogP contribution in [0.15, 0.2) is 235 Å². The number of anilines is 3. The summed E-state index contributed by atoms with van der Waals surface area (Å²) >= 11 is 0. The second-order valence-corrected chi connectivity index (χ2v) is 24.0. The van der Waals surface area contributed by atoms with Crippen molar-refractivity contribution in [3.63, 3.8) is 0 Å². The maximum absolute atomic E-state index is 10.3. The maximum atomic E-state index is 10.3. The Morgan fingerprint density at radius 2 is 1.04 bits per heavy atom. The van der Waals surface area contributed by atoms with E-state index in [-0.39, 0.29) is 17.5 Å². The first-order valence-corrected chi connectivity index (χ1v) is 28.1. The fourth-order valence-corrected chi connectivity index (χ4v) is 12.9. The van der Waals surface area contributed by atoms with E-state index in [2.05, 4.69) is 269 Å². The van der Waals surface area contributed by atoms with Gasteiger partial charge in [0.25, 0.3) is 6.71 Å². The molecule has 0 aliphatic carbocycles. The van der Waals surface area contributed by atoms with Crippen molar-refractivity contribution in [2.45, 2.75) is 52.4 Å². The third kappa shape index (κ3) is 7.75. The summed E-state index contributed by atoms with van der Waals surface area (Å²) in [5.41, 5.74) is 23.0. The van der Waals surface area contributed by atoms with E-state index in [9.17, 15) is 5.26 Å². The van der Waals surface area contributed by atoms with E-state index in [1.807, 2.05) is 18.2 Å². The number of fused-ring (bicyclic) bond motifs is 10. The van der Waals surface area contributed by atoms with Crippen LogP contribution in [0.2, 0.25) is 0 Å². The molecule has 0 bridgehead atoms. The van der Waals surface area contributed by atoms with Crippen LogP contribution in [-0.2, 0) is 10.8 Å². The summed E-state index contributed by atoms with van der Waals surface area (Å²) in [6, 6.07) is 86.0. The number of para-hydroxylation sites is 3. The van der Waals surface area contributed by atoms with E-state index in [1.165, 1.54) is 16.6 Å². The predicted molar refractivity (Wildman–Crippen MR) is 338 cm³/mol. The Labute approximate surface area is 472 Å². The SMILES string of the molecule is CC(C)(C)c1cc(-c2cc3c4c(c2)N(c2c(-c5cccc6oc7ccccc7c56)cccc2-n2c5ccccc5c5cc(C#N)ccc52)c2ccc(-c5ccccc5)cc2B4c2cc(-c4ccccc4)ccc2O3)cc(C(C)(C)C)c1. The van der Waals surface area contributed by atoms with Crippen LogP contribution in [0.5, 0.6) is 11.5 Å². The third-order valence-electron chi connectivity index (χ3n) is 17.0. The van der Waals surface area contributed by atoms with Gasteiger partial charge in [0.2, 0.25) is 0 Å². The van der Waals surface area contributed by atoms with Crippen molar-refractivity contribution >= 4 is 83.9 Å². The summed E-state index contributed by atoms with van der Waals surface area (Å²) in [6.45, 7) is 13.6. The van der Waals surface area contributed by atoms with Crippen molar-refractivity contribution in [2.75, 3.05) is 4.90 Å². The van der Waals surface area contributed by atoms with E-state index in [0.717, 1.165) is 133 Å². The molecule has 2 aromatic heterocycles. The van der Waals surface area contributed by atoms with E-state index in [0.29, 0.717) is 5.56 Å². The van der Waals surface area contributed by atoms with Gasteiger partial charge in [-0.2, -0.15) is 5.26 Å². The Balaban J connectivity index is 1.11. The van der Waals surface area contributed by atoms with Crippen LogP contribution >= 0.6 is 0 Å². The lowest BCUT2D eigenvalue weighted by molar-refractivity contribution is 0.488. The van der Waals surface area contributed by atoms with Crippen LogP contribution in [0.1, 0.15) is 58.2 Å². The zero-order valence-electron chi connectivity index (χ0n) is 46.2. The summed E-state index contributed by atoms with van der Waals surface area (Å²) in [7, 11) is 0. The fourth-order valence-electron chi connectivity index (χ4n) is 12.9. The van der Waals surface area contributed by atoms with Crippen molar-refractivity contribution in [3.8, 4) is 67.8 Å². The molecule has 81 heavy (non-hydrogen) atoms. The number of furan rings is 1. The smallest absolute Gasteiger partial charge is 0.256 e. The standard InChI is InChI=1S/C75H56BN3O2/c1-74(2,3)53-38-51(39-54(44-53)75(4,5)6)52-42-66-72-70(43-52)81-68-36-33-50(48-21-11-8-12-22-48)41-61(68)76(72)60-40-49(47-19-9-7-10-20-47)32-35-64(60)79(66)73-57(56-25-18-30-69-71(56)58-24-14-16-29-67(58)80-69)26-17-28-65(73)78-62-27-15-13-23-55(62)59-37-46(45-77)31-34-63(59)78/h7-44H,1-6H3. The molecule has 0 N–H and O–H groups in total. The molecule has 5 nitrogen and oxygen atoms in total. The van der Waals surface area contributed by atoms with Gasteiger partial charge in [-0.25, -0.2) is 0 Å². The van der Waals surface area contributed by atoms with Crippen molar-refractivity contribution in [1.29, 1.82) is 5.26 Å². The molecule has 11 aromatic carbocycles. The molecular formula is C75H56BN3O2. The topological polar surface area (TPSA) is 54.3 Å². The second-order valence-electron chi connectivity index (χ2n) is 24.0. The first kappa shape index (κ1) is 48.3. The van der Waals surface area contributed by atoms with Gasteiger partial charge in [0.15, 0.2) is 0 Å². The van der Waals surface area contributed by atoms with E-state index in [4.69, 9.17) is 9.15 Å². The minimum atomic E-state index is -0.216. The molecule has 0 saturated carbocycles. The number of ether oxygens (including phenoxy) is 1. The summed E-state index contributed by atoms with van der Waals surface area (Å²) in [5.74, 6) is 1.68. The first-order chi connectivity index (χ1) is 39.4.